The van der Waals surface area contributed by atoms with E-state index in [0.717, 1.165) is 6.92 Å². The predicted octanol–water partition coefficient (Wildman–Crippen LogP) is -10.1. The van der Waals surface area contributed by atoms with Gasteiger partial charge in [-0.2, -0.15) is 0 Å². The molecule has 46 nitrogen and oxygen atoms in total. The van der Waals surface area contributed by atoms with E-state index < -0.39 is 192 Å². The standard InChI is InChI=1S/C72H133N31O15/c1-8-38(5)52-64(115)97-47(26-33-89-72(83)84)61(112)100-53(39(6)9-2)67(118)103-35-17-24-49(103)66(117)102-34-16-23-48(102)62(113)94-46(25-28-74)60(111)98-51(37(3)4)63(114)95-45(22-15-32-88-71(81)82)59(110)101-54(40(7)104)65(116)96-43(20-13-30-86-69(77)78)57(108)92-41(18-10-11-27-73)55(106)90-36-50(105)91-42(19-12-29-85-68(75)76)56(107)93-44(58(109)99-52)21-14-31-87-70(79)80/h37-49,51-54,104H,8-36,73-74H2,1-7H3,(H,90,106)(H,91,105)(H,92,108)(H,93,107)(H,94,113)(H,95,114)(H,96,116)(H,97,115)(H,98,111)(H,99,109)(H,100,112)(H,101,110)(H4,75,76,85)(H4,77,78,86)(H4,79,80,87)(H4,81,82,88)(H4,83,84,89)/t38-,39-,40+,41+,42+,43+,44+,45+,46+,47+,48+,49-,51+,52+,53+,54+/m1/s1. The molecular formula is C72H133N31O15. The number of nitrogens with one attached hydrogen (secondary N) is 12. The summed E-state index contributed by atoms with van der Waals surface area (Å²) >= 11 is 0. The third-order valence-electron chi connectivity index (χ3n) is 20.3. The van der Waals surface area contributed by atoms with Crippen LogP contribution in [0.25, 0.3) is 0 Å². The Morgan fingerprint density at radius 2 is 0.686 bits per heavy atom. The van der Waals surface area contributed by atoms with Crippen molar-refractivity contribution >= 4 is 112 Å². The summed E-state index contributed by atoms with van der Waals surface area (Å²) in [7, 11) is 0. The Hall–Kier alpha value is -11.2. The molecule has 3 saturated heterocycles. The van der Waals surface area contributed by atoms with Crippen LogP contribution in [0.2, 0.25) is 0 Å². The van der Waals surface area contributed by atoms with E-state index in [9.17, 15) is 67.4 Å². The van der Waals surface area contributed by atoms with Gasteiger partial charge >= 0.3 is 0 Å². The molecule has 0 aromatic heterocycles. The number of amides is 14. The molecule has 46 heteroatoms. The Morgan fingerprint density at radius 3 is 1.11 bits per heavy atom. The lowest BCUT2D eigenvalue weighted by atomic mass is 9.95. The van der Waals surface area contributed by atoms with Crippen molar-refractivity contribution in [2.75, 3.05) is 65.4 Å². The molecule has 0 aromatic rings. The lowest BCUT2D eigenvalue weighted by molar-refractivity contribution is -0.149. The molecule has 3 fully saturated rings. The maximum Gasteiger partial charge on any atom is 0.246 e. The van der Waals surface area contributed by atoms with E-state index >= 15 is 4.79 Å². The summed E-state index contributed by atoms with van der Waals surface area (Å²) in [4.78, 5) is 228. The summed E-state index contributed by atoms with van der Waals surface area (Å²) in [6.45, 7) is 9.97. The summed E-state index contributed by atoms with van der Waals surface area (Å²) in [5, 5.41) is 42.8. The van der Waals surface area contributed by atoms with Crippen molar-refractivity contribution in [1.82, 2.24) is 73.6 Å². The normalized spacial score (nSPS) is 25.4. The van der Waals surface area contributed by atoms with Gasteiger partial charge in [0.25, 0.3) is 0 Å². The van der Waals surface area contributed by atoms with Crippen LogP contribution in [0, 0.1) is 17.8 Å². The lowest BCUT2D eigenvalue weighted by Crippen LogP contribution is -2.62. The third-order valence-corrected chi connectivity index (χ3v) is 20.3. The first kappa shape index (κ1) is 101. The van der Waals surface area contributed by atoms with Gasteiger partial charge in [-0.15, -0.1) is 0 Å². The van der Waals surface area contributed by atoms with Crippen LogP contribution >= 0.6 is 0 Å². The molecule has 37 N–H and O–H groups in total. The molecule has 0 radical (unpaired) electrons. The van der Waals surface area contributed by atoms with Crippen LogP contribution in [-0.2, 0) is 67.1 Å². The van der Waals surface area contributed by atoms with Crippen LogP contribution in [0.5, 0.6) is 0 Å². The number of aliphatic imine (C=N–C) groups is 5. The number of rotatable bonds is 31. The van der Waals surface area contributed by atoms with Crippen molar-refractivity contribution in [2.24, 2.45) is 112 Å². The van der Waals surface area contributed by atoms with Gasteiger partial charge in [0.05, 0.1) is 12.6 Å². The van der Waals surface area contributed by atoms with E-state index in [-0.39, 0.29) is 185 Å². The molecule has 118 heavy (non-hydrogen) atoms. The zero-order chi connectivity index (χ0) is 88.5. The highest BCUT2D eigenvalue weighted by Gasteiger charge is 2.46. The second-order valence-corrected chi connectivity index (χ2v) is 30.0. The fourth-order valence-electron chi connectivity index (χ4n) is 13.3. The second-order valence-electron chi connectivity index (χ2n) is 30.0. The van der Waals surface area contributed by atoms with Crippen LogP contribution in [0.1, 0.15) is 170 Å². The third kappa shape index (κ3) is 34.9. The molecule has 14 amide bonds. The molecular weight excluding hydrogens is 1540 g/mol. The van der Waals surface area contributed by atoms with E-state index in [4.69, 9.17) is 68.8 Å². The molecule has 3 aliphatic rings. The molecule has 0 bridgehead atoms. The van der Waals surface area contributed by atoms with Crippen LogP contribution < -0.4 is 133 Å². The number of fused-ring (bicyclic) bond motifs is 2. The Kier molecular flexibility index (Phi) is 44.9. The highest BCUT2D eigenvalue weighted by Crippen LogP contribution is 2.28. The number of hydrogen-bond acceptors (Lipinski definition) is 22. The predicted molar refractivity (Wildman–Crippen MR) is 441 cm³/mol. The summed E-state index contributed by atoms with van der Waals surface area (Å²) in [6, 6.07) is -18.9. The number of guanidine groups is 5. The maximum atomic E-state index is 15.1. The highest BCUT2D eigenvalue weighted by atomic mass is 16.3. The summed E-state index contributed by atoms with van der Waals surface area (Å²) in [5.74, 6) is -16.1. The summed E-state index contributed by atoms with van der Waals surface area (Å²) in [6.07, 6.45) is -0.870. The molecule has 0 saturated carbocycles. The smallest absolute Gasteiger partial charge is 0.246 e. The number of carbonyl (C=O) groups is 14. The van der Waals surface area contributed by atoms with Gasteiger partial charge in [0.2, 0.25) is 82.7 Å². The minimum Gasteiger partial charge on any atom is -0.391 e. The first-order valence-corrected chi connectivity index (χ1v) is 40.4. The number of aliphatic hydroxyl groups excluding tert-OH is 1. The zero-order valence-electron chi connectivity index (χ0n) is 69.0. The molecule has 0 spiro atoms. The Morgan fingerprint density at radius 1 is 0.356 bits per heavy atom. The van der Waals surface area contributed by atoms with E-state index in [0.29, 0.717) is 25.7 Å². The average molecular weight is 1670 g/mol. The lowest BCUT2D eigenvalue weighted by Gasteiger charge is -2.35. The van der Waals surface area contributed by atoms with Crippen molar-refractivity contribution in [3.05, 3.63) is 0 Å². The first-order chi connectivity index (χ1) is 55.8. The van der Waals surface area contributed by atoms with Crippen LogP contribution in [0.4, 0.5) is 0 Å². The largest absolute Gasteiger partial charge is 0.391 e. The molecule has 0 aliphatic carbocycles. The highest BCUT2D eigenvalue weighted by molar-refractivity contribution is 6.01. The van der Waals surface area contributed by atoms with Crippen LogP contribution in [0.15, 0.2) is 25.0 Å². The zero-order valence-corrected chi connectivity index (χ0v) is 69.0. The summed E-state index contributed by atoms with van der Waals surface area (Å²) < 4.78 is 0. The monoisotopic (exact) mass is 1670 g/mol. The molecule has 666 valence electrons. The molecule has 0 unspecified atom stereocenters. The SMILES string of the molecule is CC[C@@H](C)[C@@H]1NC(=O)[C@H](CCCN=C(N)N)NC(=O)[C@H](CCCN=C(N)N)NC(=O)CNC(=O)[C@H](CCCCN)NC(=O)[C@H](CCCN=C(N)N)NC(=O)[C@H]([C@H](C)O)NC(=O)[C@H](CCCN=C(N)N)NC(=O)[C@H](C(C)C)NC(=O)[C@H](CCN)NC(=O)[C@@H]2CCCN2C(=O)[C@H]2CCCN2C(=O)[C@H]([C@H](C)CC)NC(=O)[C@H](CCN=C(N)N)NC1=O. The van der Waals surface area contributed by atoms with E-state index in [1.165, 1.54) is 9.80 Å². The minimum atomic E-state index is -1.88. The summed E-state index contributed by atoms with van der Waals surface area (Å²) in [5.41, 5.74) is 68.1. The fourth-order valence-corrected chi connectivity index (χ4v) is 13.3. The molecule has 3 aliphatic heterocycles. The second kappa shape index (κ2) is 52.5. The van der Waals surface area contributed by atoms with Gasteiger partial charge in [-0.25, -0.2) is 0 Å². The number of hydrogen-bond donors (Lipinski definition) is 25. The van der Waals surface area contributed by atoms with Gasteiger partial charge in [0.1, 0.15) is 78.5 Å². The molecule has 16 atom stereocenters. The number of unbranched alkanes of at least 4 members (excludes halogenated alkanes) is 1. The minimum absolute atomic E-state index is 0.0107. The quantitative estimate of drug-likeness (QED) is 0.0174. The van der Waals surface area contributed by atoms with Crippen molar-refractivity contribution in [3.63, 3.8) is 0 Å². The Labute approximate surface area is 687 Å². The molecule has 0 aromatic carbocycles. The number of aliphatic hydroxyl groups is 1. The van der Waals surface area contributed by atoms with Gasteiger partial charge < -0.3 is 148 Å². The van der Waals surface area contributed by atoms with E-state index in [2.05, 4.69) is 88.8 Å². The fraction of sp³-hybridized carbons (Fsp3) is 0.736. The topological polar surface area (TPSA) is 784 Å². The first-order valence-electron chi connectivity index (χ1n) is 40.4. The van der Waals surface area contributed by atoms with Gasteiger partial charge in [0, 0.05) is 45.8 Å². The van der Waals surface area contributed by atoms with Crippen molar-refractivity contribution in [3.8, 4) is 0 Å². The van der Waals surface area contributed by atoms with Crippen molar-refractivity contribution in [2.45, 2.75) is 255 Å². The van der Waals surface area contributed by atoms with Crippen LogP contribution in [0.3, 0.4) is 0 Å². The number of nitrogens with two attached hydrogens (primary N) is 12. The Balaban J connectivity index is 2.34. The van der Waals surface area contributed by atoms with Gasteiger partial charge in [0.15, 0.2) is 29.8 Å². The van der Waals surface area contributed by atoms with Crippen molar-refractivity contribution in [1.29, 1.82) is 0 Å². The molecule has 3 heterocycles. The number of nitrogens with zero attached hydrogens (tertiary/aromatic N) is 7. The van der Waals surface area contributed by atoms with Gasteiger partial charge in [-0.3, -0.25) is 92.1 Å². The van der Waals surface area contributed by atoms with E-state index in [1.807, 2.05) is 0 Å². The van der Waals surface area contributed by atoms with Gasteiger partial charge in [-0.05, 0) is 147 Å². The number of carbonyl (C=O) groups excluding carboxylic acids is 14. The van der Waals surface area contributed by atoms with Gasteiger partial charge in [-0.1, -0.05) is 54.4 Å². The van der Waals surface area contributed by atoms with Crippen molar-refractivity contribution < 1.29 is 72.2 Å². The van der Waals surface area contributed by atoms with Crippen LogP contribution in [-0.4, -0.2) is 278 Å². The molecule has 3 rings (SSSR count). The average Bonchev–Trinajstić information content (AvgIpc) is 1.64. The maximum absolute atomic E-state index is 15.1. The Bertz CT molecular complexity index is 3510. The van der Waals surface area contributed by atoms with E-state index in [1.54, 1.807) is 41.5 Å².